The number of anilines is 1. The van der Waals surface area contributed by atoms with E-state index in [0.29, 0.717) is 5.69 Å². The van der Waals surface area contributed by atoms with Crippen LogP contribution >= 0.6 is 0 Å². The molecule has 0 heterocycles. The number of carbonyl (C=O) groups is 1. The second kappa shape index (κ2) is 5.11. The fraction of sp³-hybridized carbons (Fsp3) is 0.300. The first-order valence-corrected chi connectivity index (χ1v) is 4.75. The van der Waals surface area contributed by atoms with Crippen molar-refractivity contribution in [3.05, 3.63) is 39.4 Å². The Balaban J connectivity index is 3.03. The van der Waals surface area contributed by atoms with Crippen molar-refractivity contribution >= 4 is 11.7 Å². The van der Waals surface area contributed by atoms with Crippen molar-refractivity contribution in [2.24, 2.45) is 0 Å². The Morgan fingerprint density at radius 3 is 2.75 bits per heavy atom. The van der Waals surface area contributed by atoms with E-state index in [1.807, 2.05) is 6.92 Å². The van der Waals surface area contributed by atoms with Crippen LogP contribution in [0.2, 0.25) is 0 Å². The summed E-state index contributed by atoms with van der Waals surface area (Å²) >= 11 is 0. The van der Waals surface area contributed by atoms with Crippen LogP contribution < -0.4 is 5.32 Å². The Labute approximate surface area is 92.3 Å². The van der Waals surface area contributed by atoms with Gasteiger partial charge in [0.2, 0.25) is 0 Å². The molecule has 0 unspecified atom stereocenters. The van der Waals surface area contributed by atoms with Gasteiger partial charge in [0.05, 0.1) is 5.56 Å². The van der Waals surface area contributed by atoms with Crippen LogP contribution in [0.15, 0.2) is 18.2 Å². The summed E-state index contributed by atoms with van der Waals surface area (Å²) in [5.74, 6) is -0.975. The Hall–Kier alpha value is -2.11. The molecular weight excluding hydrogens is 212 g/mol. The van der Waals surface area contributed by atoms with Crippen LogP contribution in [0.4, 0.5) is 5.69 Å². The summed E-state index contributed by atoms with van der Waals surface area (Å²) in [6.45, 7) is 1.98. The summed E-state index contributed by atoms with van der Waals surface area (Å²) in [6.07, 6.45) is 0.819. The highest BCUT2D eigenvalue weighted by Crippen LogP contribution is 2.18. The molecule has 16 heavy (non-hydrogen) atoms. The van der Waals surface area contributed by atoms with E-state index in [0.717, 1.165) is 12.0 Å². The van der Waals surface area contributed by atoms with E-state index >= 15 is 0 Å². The second-order valence-electron chi connectivity index (χ2n) is 3.09. The molecule has 1 aromatic carbocycles. The molecule has 6 heteroatoms. The molecule has 1 rings (SSSR count). The van der Waals surface area contributed by atoms with Crippen molar-refractivity contribution < 1.29 is 14.7 Å². The number of hydrogen-bond donors (Lipinski definition) is 1. The summed E-state index contributed by atoms with van der Waals surface area (Å²) < 4.78 is 0. The number of carbonyl (C=O) groups excluding carboxylic acids is 1. The highest BCUT2D eigenvalue weighted by atomic mass is 17.0. The van der Waals surface area contributed by atoms with Gasteiger partial charge in [-0.2, -0.15) is 0 Å². The molecule has 6 nitrogen and oxygen atoms in total. The minimum Gasteiger partial charge on any atom is -0.387 e. The topological polar surface area (TPSA) is 81.5 Å². The van der Waals surface area contributed by atoms with Gasteiger partial charge in [-0.3, -0.25) is 4.79 Å². The molecule has 86 valence electrons. The molecule has 0 aliphatic carbocycles. The molecule has 1 aromatic rings. The first-order valence-electron chi connectivity index (χ1n) is 4.75. The van der Waals surface area contributed by atoms with Crippen LogP contribution in [-0.2, 0) is 11.3 Å². The van der Waals surface area contributed by atoms with Crippen LogP contribution in [0.5, 0.6) is 0 Å². The third-order valence-electron chi connectivity index (χ3n) is 2.14. The van der Waals surface area contributed by atoms with Gasteiger partial charge in [0.25, 0.3) is 0 Å². The third kappa shape index (κ3) is 2.69. The zero-order valence-corrected chi connectivity index (χ0v) is 9.02. The third-order valence-corrected chi connectivity index (χ3v) is 2.14. The monoisotopic (exact) mass is 224 g/mol. The van der Waals surface area contributed by atoms with E-state index in [1.54, 1.807) is 19.2 Å². The molecule has 0 aromatic heterocycles. The van der Waals surface area contributed by atoms with Gasteiger partial charge < -0.3 is 5.32 Å². The number of hydrogen-bond acceptors (Lipinski definition) is 5. The lowest BCUT2D eigenvalue weighted by Gasteiger charge is -2.08. The molecule has 0 aliphatic heterocycles. The summed E-state index contributed by atoms with van der Waals surface area (Å²) in [5, 5.41) is 11.7. The van der Waals surface area contributed by atoms with E-state index in [2.05, 4.69) is 10.2 Å². The van der Waals surface area contributed by atoms with E-state index in [9.17, 15) is 14.9 Å². The predicted molar refractivity (Wildman–Crippen MR) is 57.8 cm³/mol. The average Bonchev–Trinajstić information content (AvgIpc) is 2.27. The molecule has 0 radical (unpaired) electrons. The largest absolute Gasteiger partial charge is 0.387 e. The van der Waals surface area contributed by atoms with Gasteiger partial charge in [-0.1, -0.05) is 13.0 Å². The lowest BCUT2D eigenvalue weighted by Crippen LogP contribution is -2.12. The van der Waals surface area contributed by atoms with E-state index in [4.69, 9.17) is 0 Å². The van der Waals surface area contributed by atoms with Gasteiger partial charge in [-0.25, -0.2) is 4.84 Å². The Bertz CT molecular complexity index is 417. The Morgan fingerprint density at radius 2 is 2.25 bits per heavy atom. The fourth-order valence-corrected chi connectivity index (χ4v) is 1.31. The minimum atomic E-state index is -1.12. The van der Waals surface area contributed by atoms with Crippen molar-refractivity contribution in [2.45, 2.75) is 13.3 Å². The maximum absolute atomic E-state index is 11.3. The average molecular weight is 224 g/mol. The van der Waals surface area contributed by atoms with Gasteiger partial charge in [0.15, 0.2) is 0 Å². The SMILES string of the molecule is CCc1ccc(C(=O)O[N+](=O)[O-])c(NC)c1. The number of nitrogens with zero attached hydrogens (tertiary/aromatic N) is 1. The standard InChI is InChI=1S/C10H12N2O4/c1-3-7-4-5-8(9(6-7)11-2)10(13)16-12(14)15/h4-6,11H,3H2,1-2H3. The molecule has 0 amide bonds. The van der Waals surface area contributed by atoms with Crippen molar-refractivity contribution in [1.29, 1.82) is 0 Å². The van der Waals surface area contributed by atoms with Crippen molar-refractivity contribution in [3.8, 4) is 0 Å². The molecule has 0 aliphatic rings. The van der Waals surface area contributed by atoms with Crippen molar-refractivity contribution in [2.75, 3.05) is 12.4 Å². The van der Waals surface area contributed by atoms with Crippen molar-refractivity contribution in [1.82, 2.24) is 0 Å². The molecule has 1 N–H and O–H groups in total. The maximum atomic E-state index is 11.3. The first kappa shape index (κ1) is 12.0. The van der Waals surface area contributed by atoms with Crippen LogP contribution in [0.3, 0.4) is 0 Å². The van der Waals surface area contributed by atoms with Gasteiger partial charge in [0.1, 0.15) is 0 Å². The lowest BCUT2D eigenvalue weighted by atomic mass is 10.1. The zero-order chi connectivity index (χ0) is 12.1. The Morgan fingerprint density at radius 1 is 1.56 bits per heavy atom. The second-order valence-corrected chi connectivity index (χ2v) is 3.09. The summed E-state index contributed by atoms with van der Waals surface area (Å²) in [4.78, 5) is 25.3. The van der Waals surface area contributed by atoms with Gasteiger partial charge in [-0.15, -0.1) is 10.1 Å². The first-order chi connectivity index (χ1) is 7.58. The van der Waals surface area contributed by atoms with E-state index in [1.165, 1.54) is 6.07 Å². The van der Waals surface area contributed by atoms with Crippen LogP contribution in [0.25, 0.3) is 0 Å². The van der Waals surface area contributed by atoms with Gasteiger partial charge in [-0.05, 0) is 24.1 Å². The Kier molecular flexibility index (Phi) is 3.82. The van der Waals surface area contributed by atoms with Gasteiger partial charge >= 0.3 is 11.1 Å². The fourth-order valence-electron chi connectivity index (χ4n) is 1.31. The predicted octanol–water partition coefficient (Wildman–Crippen LogP) is 1.64. The highest BCUT2D eigenvalue weighted by molar-refractivity contribution is 5.95. The smallest absolute Gasteiger partial charge is 0.336 e. The van der Waals surface area contributed by atoms with Crippen LogP contribution in [0, 0.1) is 10.1 Å². The molecule has 0 spiro atoms. The van der Waals surface area contributed by atoms with E-state index < -0.39 is 11.1 Å². The molecule has 0 bridgehead atoms. The maximum Gasteiger partial charge on any atom is 0.336 e. The molecule has 0 atom stereocenters. The molecule has 0 fully saturated rings. The van der Waals surface area contributed by atoms with Crippen LogP contribution in [0.1, 0.15) is 22.8 Å². The summed E-state index contributed by atoms with van der Waals surface area (Å²) in [5.41, 5.74) is 1.70. The summed E-state index contributed by atoms with van der Waals surface area (Å²) in [6, 6.07) is 5.00. The van der Waals surface area contributed by atoms with Gasteiger partial charge in [0, 0.05) is 12.7 Å². The molecule has 0 saturated carbocycles. The molecular formula is C10H12N2O4. The van der Waals surface area contributed by atoms with E-state index in [-0.39, 0.29) is 5.56 Å². The molecule has 0 saturated heterocycles. The summed E-state index contributed by atoms with van der Waals surface area (Å²) in [7, 11) is 1.64. The normalized spacial score (nSPS) is 9.62. The van der Waals surface area contributed by atoms with Crippen molar-refractivity contribution in [3.63, 3.8) is 0 Å². The highest BCUT2D eigenvalue weighted by Gasteiger charge is 2.14. The number of rotatable bonds is 4. The number of aryl methyl sites for hydroxylation is 1. The lowest BCUT2D eigenvalue weighted by molar-refractivity contribution is -0.727. The minimum absolute atomic E-state index is 0.149. The zero-order valence-electron chi connectivity index (χ0n) is 9.02. The number of nitrogens with one attached hydrogen (secondary N) is 1. The quantitative estimate of drug-likeness (QED) is 0.621. The van der Waals surface area contributed by atoms with Crippen LogP contribution in [-0.4, -0.2) is 18.1 Å². The number of benzene rings is 1.